The van der Waals surface area contributed by atoms with Crippen LogP contribution in [0.5, 0.6) is 0 Å². The monoisotopic (exact) mass is 426 g/mol. The van der Waals surface area contributed by atoms with Crippen LogP contribution in [0.3, 0.4) is 0 Å². The molecule has 0 atom stereocenters. The average molecular weight is 427 g/mol. The molecule has 1 N–H and O–H groups in total. The van der Waals surface area contributed by atoms with Crippen LogP contribution in [0.4, 0.5) is 5.69 Å². The molecular formula is C28H30N2O2. The fourth-order valence-corrected chi connectivity index (χ4v) is 3.83. The molecule has 1 saturated carbocycles. The predicted octanol–water partition coefficient (Wildman–Crippen LogP) is 5.11. The largest absolute Gasteiger partial charge is 0.352 e. The van der Waals surface area contributed by atoms with E-state index in [1.54, 1.807) is 0 Å². The zero-order chi connectivity index (χ0) is 22.5. The Balaban J connectivity index is 1.45. The van der Waals surface area contributed by atoms with E-state index in [2.05, 4.69) is 42.6 Å². The molecule has 1 aliphatic carbocycles. The number of nitrogens with one attached hydrogen (secondary N) is 1. The topological polar surface area (TPSA) is 49.4 Å². The fourth-order valence-electron chi connectivity index (χ4n) is 3.83. The van der Waals surface area contributed by atoms with Gasteiger partial charge in [0.1, 0.15) is 0 Å². The Labute approximate surface area is 190 Å². The first-order chi connectivity index (χ1) is 15.5. The van der Waals surface area contributed by atoms with Crippen molar-refractivity contribution in [2.75, 3.05) is 4.90 Å². The summed E-state index contributed by atoms with van der Waals surface area (Å²) in [6.45, 7) is 5.16. The van der Waals surface area contributed by atoms with Gasteiger partial charge in [-0.25, -0.2) is 0 Å². The number of amides is 2. The molecule has 4 nitrogen and oxygen atoms in total. The minimum Gasteiger partial charge on any atom is -0.352 e. The minimum absolute atomic E-state index is 0.0257. The first kappa shape index (κ1) is 21.8. The zero-order valence-corrected chi connectivity index (χ0v) is 18.8. The number of nitrogens with zero attached hydrogens (tertiary/aromatic N) is 1. The lowest BCUT2D eigenvalue weighted by Crippen LogP contribution is -2.32. The molecule has 2 amide bonds. The summed E-state index contributed by atoms with van der Waals surface area (Å²) in [7, 11) is 0. The van der Waals surface area contributed by atoms with Crippen LogP contribution in [0.25, 0.3) is 0 Å². The van der Waals surface area contributed by atoms with Crippen molar-refractivity contribution in [2.45, 2.75) is 46.2 Å². The number of benzene rings is 3. The van der Waals surface area contributed by atoms with E-state index in [-0.39, 0.29) is 24.2 Å². The van der Waals surface area contributed by atoms with Crippen LogP contribution >= 0.6 is 0 Å². The molecule has 1 fully saturated rings. The lowest BCUT2D eigenvalue weighted by molar-refractivity contribution is -0.121. The van der Waals surface area contributed by atoms with Crippen molar-refractivity contribution >= 4 is 17.5 Å². The molecule has 1 aliphatic rings. The summed E-state index contributed by atoms with van der Waals surface area (Å²) in [6.07, 6.45) is 2.21. The molecule has 3 aromatic rings. The Kier molecular flexibility index (Phi) is 6.69. The van der Waals surface area contributed by atoms with Crippen molar-refractivity contribution in [3.63, 3.8) is 0 Å². The number of carbonyl (C=O) groups excluding carboxylic acids is 2. The van der Waals surface area contributed by atoms with Crippen molar-refractivity contribution in [3.05, 3.63) is 101 Å². The highest BCUT2D eigenvalue weighted by Gasteiger charge is 2.34. The van der Waals surface area contributed by atoms with Gasteiger partial charge in [-0.2, -0.15) is 0 Å². The van der Waals surface area contributed by atoms with Crippen molar-refractivity contribution in [3.8, 4) is 0 Å². The molecule has 0 heterocycles. The molecule has 0 unspecified atom stereocenters. The van der Waals surface area contributed by atoms with Gasteiger partial charge in [0.2, 0.25) is 11.8 Å². The second kappa shape index (κ2) is 9.82. The standard InChI is InChI=1S/C28H30N2O2/c1-20-9-11-22(12-10-20)19-30(28(32)25-13-14-25)26-8-4-6-23(16-26)17-27(31)29-18-24-7-3-5-21(2)15-24/h3-12,15-16,25H,13-14,17-19H2,1-2H3,(H,29,31). The minimum atomic E-state index is -0.0257. The summed E-state index contributed by atoms with van der Waals surface area (Å²) < 4.78 is 0. The van der Waals surface area contributed by atoms with Gasteiger partial charge in [0, 0.05) is 18.2 Å². The molecule has 4 rings (SSSR count). The maximum Gasteiger partial charge on any atom is 0.230 e. The lowest BCUT2D eigenvalue weighted by atomic mass is 10.1. The van der Waals surface area contributed by atoms with Crippen LogP contribution in [0.1, 0.15) is 40.7 Å². The molecule has 0 bridgehead atoms. The summed E-state index contributed by atoms with van der Waals surface area (Å²) >= 11 is 0. The Morgan fingerprint density at radius 1 is 0.844 bits per heavy atom. The predicted molar refractivity (Wildman–Crippen MR) is 128 cm³/mol. The van der Waals surface area contributed by atoms with Crippen molar-refractivity contribution < 1.29 is 9.59 Å². The molecule has 0 aliphatic heterocycles. The molecule has 0 aromatic heterocycles. The highest BCUT2D eigenvalue weighted by atomic mass is 16.2. The summed E-state index contributed by atoms with van der Waals surface area (Å²) in [5.41, 5.74) is 6.33. The van der Waals surface area contributed by atoms with Gasteiger partial charge >= 0.3 is 0 Å². The number of hydrogen-bond donors (Lipinski definition) is 1. The highest BCUT2D eigenvalue weighted by Crippen LogP contribution is 2.33. The molecule has 0 radical (unpaired) electrons. The molecule has 0 spiro atoms. The lowest BCUT2D eigenvalue weighted by Gasteiger charge is -2.24. The van der Waals surface area contributed by atoms with Crippen molar-refractivity contribution in [1.82, 2.24) is 5.32 Å². The van der Waals surface area contributed by atoms with E-state index >= 15 is 0 Å². The SMILES string of the molecule is Cc1ccc(CN(C(=O)C2CC2)c2cccc(CC(=O)NCc3cccc(C)c3)c2)cc1. The fraction of sp³-hybridized carbons (Fsp3) is 0.286. The first-order valence-corrected chi connectivity index (χ1v) is 11.3. The van der Waals surface area contributed by atoms with Gasteiger partial charge < -0.3 is 10.2 Å². The Morgan fingerprint density at radius 2 is 1.56 bits per heavy atom. The summed E-state index contributed by atoms with van der Waals surface area (Å²) in [5.74, 6) is 0.274. The van der Waals surface area contributed by atoms with Crippen LogP contribution in [0.2, 0.25) is 0 Å². The maximum absolute atomic E-state index is 13.0. The van der Waals surface area contributed by atoms with Crippen molar-refractivity contribution in [1.29, 1.82) is 0 Å². The average Bonchev–Trinajstić information content (AvgIpc) is 3.63. The summed E-state index contributed by atoms with van der Waals surface area (Å²) in [6, 6.07) is 24.2. The third-order valence-electron chi connectivity index (χ3n) is 5.81. The van der Waals surface area contributed by atoms with E-state index in [1.165, 1.54) is 11.1 Å². The van der Waals surface area contributed by atoms with E-state index in [4.69, 9.17) is 0 Å². The van der Waals surface area contributed by atoms with E-state index in [0.717, 1.165) is 35.2 Å². The number of rotatable bonds is 8. The van der Waals surface area contributed by atoms with Gasteiger partial charge in [0.15, 0.2) is 0 Å². The van der Waals surface area contributed by atoms with Crippen LogP contribution in [0.15, 0.2) is 72.8 Å². The van der Waals surface area contributed by atoms with Gasteiger partial charge in [0.05, 0.1) is 13.0 Å². The third kappa shape index (κ3) is 5.85. The summed E-state index contributed by atoms with van der Waals surface area (Å²) in [5, 5.41) is 3.00. The third-order valence-corrected chi connectivity index (χ3v) is 5.81. The quantitative estimate of drug-likeness (QED) is 0.544. The van der Waals surface area contributed by atoms with Gasteiger partial charge in [-0.05, 0) is 55.5 Å². The van der Waals surface area contributed by atoms with E-state index in [9.17, 15) is 9.59 Å². The van der Waals surface area contributed by atoms with E-state index in [0.29, 0.717) is 13.1 Å². The Hall–Kier alpha value is -3.40. The van der Waals surface area contributed by atoms with E-state index in [1.807, 2.05) is 54.3 Å². The zero-order valence-electron chi connectivity index (χ0n) is 18.8. The van der Waals surface area contributed by atoms with Crippen molar-refractivity contribution in [2.24, 2.45) is 5.92 Å². The molecular weight excluding hydrogens is 396 g/mol. The van der Waals surface area contributed by atoms with Crippen LogP contribution in [-0.4, -0.2) is 11.8 Å². The van der Waals surface area contributed by atoms with Crippen LogP contribution in [0, 0.1) is 19.8 Å². The number of hydrogen-bond acceptors (Lipinski definition) is 2. The van der Waals surface area contributed by atoms with E-state index < -0.39 is 0 Å². The van der Waals surface area contributed by atoms with Gasteiger partial charge in [-0.15, -0.1) is 0 Å². The number of anilines is 1. The molecule has 3 aromatic carbocycles. The second-order valence-corrected chi connectivity index (χ2v) is 8.80. The van der Waals surface area contributed by atoms with Gasteiger partial charge in [-0.1, -0.05) is 71.8 Å². The highest BCUT2D eigenvalue weighted by molar-refractivity contribution is 5.96. The van der Waals surface area contributed by atoms with Gasteiger partial charge in [-0.3, -0.25) is 9.59 Å². The summed E-state index contributed by atoms with van der Waals surface area (Å²) in [4.78, 5) is 27.5. The molecule has 0 saturated heterocycles. The van der Waals surface area contributed by atoms with Crippen LogP contribution < -0.4 is 10.2 Å². The molecule has 164 valence electrons. The molecule has 4 heteroatoms. The Morgan fingerprint density at radius 3 is 2.28 bits per heavy atom. The second-order valence-electron chi connectivity index (χ2n) is 8.80. The number of aryl methyl sites for hydroxylation is 2. The molecule has 32 heavy (non-hydrogen) atoms. The first-order valence-electron chi connectivity index (χ1n) is 11.3. The van der Waals surface area contributed by atoms with Gasteiger partial charge in [0.25, 0.3) is 0 Å². The Bertz CT molecular complexity index is 1100. The maximum atomic E-state index is 13.0. The normalized spacial score (nSPS) is 12.9. The number of carbonyl (C=O) groups is 2. The smallest absolute Gasteiger partial charge is 0.230 e. The van der Waals surface area contributed by atoms with Crippen LogP contribution in [-0.2, 0) is 29.1 Å².